The van der Waals surface area contributed by atoms with Gasteiger partial charge in [0.1, 0.15) is 5.82 Å². The highest BCUT2D eigenvalue weighted by Crippen LogP contribution is 2.25. The van der Waals surface area contributed by atoms with Crippen molar-refractivity contribution in [3.05, 3.63) is 18.2 Å². The Morgan fingerprint density at radius 3 is 3.00 bits per heavy atom. The molecule has 0 bridgehead atoms. The zero-order valence-electron chi connectivity index (χ0n) is 11.0. The van der Waals surface area contributed by atoms with Gasteiger partial charge in [0.05, 0.1) is 6.54 Å². The van der Waals surface area contributed by atoms with Crippen molar-refractivity contribution in [3.63, 3.8) is 0 Å². The minimum atomic E-state index is 0.253. The van der Waals surface area contributed by atoms with Crippen LogP contribution < -0.4 is 5.73 Å². The van der Waals surface area contributed by atoms with Crippen molar-refractivity contribution < 1.29 is 0 Å². The highest BCUT2D eigenvalue weighted by molar-refractivity contribution is 4.96. The first-order valence-electron chi connectivity index (χ1n) is 6.59. The van der Waals surface area contributed by atoms with Crippen LogP contribution in [0.2, 0.25) is 0 Å². The zero-order chi connectivity index (χ0) is 12.3. The Balaban J connectivity index is 1.97. The van der Waals surface area contributed by atoms with E-state index in [0.717, 1.165) is 32.7 Å². The first kappa shape index (κ1) is 12.6. The summed E-state index contributed by atoms with van der Waals surface area (Å²) in [7, 11) is 0. The molecular formula is C13H24N4. The average Bonchev–Trinajstić information content (AvgIpc) is 2.76. The number of imidazole rings is 1. The van der Waals surface area contributed by atoms with Crippen molar-refractivity contribution in [2.24, 2.45) is 11.1 Å². The van der Waals surface area contributed by atoms with Crippen molar-refractivity contribution >= 4 is 0 Å². The monoisotopic (exact) mass is 236 g/mol. The molecule has 0 amide bonds. The van der Waals surface area contributed by atoms with E-state index in [2.05, 4.69) is 34.5 Å². The third kappa shape index (κ3) is 2.87. The number of aromatic nitrogens is 2. The van der Waals surface area contributed by atoms with Crippen molar-refractivity contribution in [1.29, 1.82) is 0 Å². The number of fused-ring (bicyclic) bond motifs is 1. The second-order valence-corrected chi connectivity index (χ2v) is 5.51. The van der Waals surface area contributed by atoms with E-state index in [-0.39, 0.29) is 5.41 Å². The van der Waals surface area contributed by atoms with Gasteiger partial charge in [-0.3, -0.25) is 4.90 Å². The fraction of sp³-hybridized carbons (Fsp3) is 0.769. The van der Waals surface area contributed by atoms with Gasteiger partial charge in [-0.2, -0.15) is 0 Å². The molecule has 0 spiro atoms. The molecule has 1 unspecified atom stereocenters. The molecular weight excluding hydrogens is 212 g/mol. The molecule has 0 aromatic carbocycles. The number of hydrogen-bond acceptors (Lipinski definition) is 3. The number of nitrogens with zero attached hydrogens (tertiary/aromatic N) is 3. The van der Waals surface area contributed by atoms with Gasteiger partial charge in [0, 0.05) is 32.0 Å². The van der Waals surface area contributed by atoms with Gasteiger partial charge in [-0.05, 0) is 18.4 Å². The lowest BCUT2D eigenvalue weighted by molar-refractivity contribution is 0.129. The molecule has 1 aromatic rings. The Bertz CT molecular complexity index is 360. The molecule has 2 N–H and O–H groups in total. The summed E-state index contributed by atoms with van der Waals surface area (Å²) >= 11 is 0. The first-order chi connectivity index (χ1) is 8.17. The van der Waals surface area contributed by atoms with Crippen LogP contribution in [0.4, 0.5) is 0 Å². The third-order valence-corrected chi connectivity index (χ3v) is 3.78. The van der Waals surface area contributed by atoms with E-state index >= 15 is 0 Å². The van der Waals surface area contributed by atoms with Gasteiger partial charge in [-0.25, -0.2) is 4.98 Å². The van der Waals surface area contributed by atoms with Crippen LogP contribution in [0.1, 0.15) is 32.5 Å². The van der Waals surface area contributed by atoms with Crippen LogP contribution in [0.5, 0.6) is 0 Å². The van der Waals surface area contributed by atoms with Crippen molar-refractivity contribution in [3.8, 4) is 0 Å². The van der Waals surface area contributed by atoms with Gasteiger partial charge < -0.3 is 10.3 Å². The minimum Gasteiger partial charge on any atom is -0.333 e. The quantitative estimate of drug-likeness (QED) is 0.842. The minimum absolute atomic E-state index is 0.253. The van der Waals surface area contributed by atoms with E-state index in [1.807, 2.05) is 6.20 Å². The van der Waals surface area contributed by atoms with E-state index in [1.165, 1.54) is 18.7 Å². The molecule has 1 aliphatic rings. The Kier molecular flexibility index (Phi) is 3.84. The standard InChI is InChI=1S/C13H24N4/c1-3-4-13(2,10-14)11-16-7-8-17-6-5-15-12(17)9-16/h5-6H,3-4,7-11,14H2,1-2H3. The number of hydrogen-bond donors (Lipinski definition) is 1. The van der Waals surface area contributed by atoms with Crippen molar-refractivity contribution in [2.45, 2.75) is 39.8 Å². The normalized spacial score (nSPS) is 19.9. The largest absolute Gasteiger partial charge is 0.333 e. The predicted octanol–water partition coefficient (Wildman–Crippen LogP) is 1.46. The Morgan fingerprint density at radius 1 is 1.47 bits per heavy atom. The Hall–Kier alpha value is -0.870. The molecule has 96 valence electrons. The highest BCUT2D eigenvalue weighted by atomic mass is 15.2. The molecule has 0 aliphatic carbocycles. The van der Waals surface area contributed by atoms with E-state index in [0.29, 0.717) is 0 Å². The van der Waals surface area contributed by atoms with Crippen LogP contribution in [-0.4, -0.2) is 34.1 Å². The molecule has 2 heterocycles. The molecule has 2 rings (SSSR count). The highest BCUT2D eigenvalue weighted by Gasteiger charge is 2.27. The summed E-state index contributed by atoms with van der Waals surface area (Å²) in [4.78, 5) is 6.89. The van der Waals surface area contributed by atoms with Crippen molar-refractivity contribution in [2.75, 3.05) is 19.6 Å². The number of rotatable bonds is 5. The number of nitrogens with two attached hydrogens (primary N) is 1. The van der Waals surface area contributed by atoms with Crippen LogP contribution in [-0.2, 0) is 13.1 Å². The molecule has 0 radical (unpaired) electrons. The SMILES string of the molecule is CCCC(C)(CN)CN1CCn2ccnc2C1. The van der Waals surface area contributed by atoms with Crippen LogP contribution in [0.3, 0.4) is 0 Å². The fourth-order valence-corrected chi connectivity index (χ4v) is 2.75. The predicted molar refractivity (Wildman–Crippen MR) is 69.6 cm³/mol. The Labute approximate surface area is 104 Å². The van der Waals surface area contributed by atoms with Gasteiger partial charge in [0.15, 0.2) is 0 Å². The summed E-state index contributed by atoms with van der Waals surface area (Å²) in [5.74, 6) is 1.19. The van der Waals surface area contributed by atoms with Gasteiger partial charge in [-0.15, -0.1) is 0 Å². The first-order valence-corrected chi connectivity index (χ1v) is 6.59. The molecule has 0 saturated carbocycles. The maximum atomic E-state index is 5.94. The summed E-state index contributed by atoms with van der Waals surface area (Å²) in [5.41, 5.74) is 6.19. The van der Waals surface area contributed by atoms with Crippen LogP contribution in [0.15, 0.2) is 12.4 Å². The van der Waals surface area contributed by atoms with Gasteiger partial charge >= 0.3 is 0 Å². The second kappa shape index (κ2) is 5.19. The Morgan fingerprint density at radius 2 is 2.29 bits per heavy atom. The topological polar surface area (TPSA) is 47.1 Å². The lowest BCUT2D eigenvalue weighted by Crippen LogP contribution is -2.43. The summed E-state index contributed by atoms with van der Waals surface area (Å²) in [5, 5.41) is 0. The molecule has 0 fully saturated rings. The molecule has 4 nitrogen and oxygen atoms in total. The molecule has 0 saturated heterocycles. The maximum Gasteiger partial charge on any atom is 0.122 e. The molecule has 17 heavy (non-hydrogen) atoms. The third-order valence-electron chi connectivity index (χ3n) is 3.78. The lowest BCUT2D eigenvalue weighted by Gasteiger charge is -2.36. The maximum absolute atomic E-state index is 5.94. The van der Waals surface area contributed by atoms with Crippen LogP contribution >= 0.6 is 0 Å². The van der Waals surface area contributed by atoms with Crippen molar-refractivity contribution in [1.82, 2.24) is 14.5 Å². The van der Waals surface area contributed by atoms with Gasteiger partial charge in [0.2, 0.25) is 0 Å². The van der Waals surface area contributed by atoms with Crippen LogP contribution in [0, 0.1) is 5.41 Å². The van der Waals surface area contributed by atoms with Gasteiger partial charge in [0.25, 0.3) is 0 Å². The second-order valence-electron chi connectivity index (χ2n) is 5.51. The molecule has 1 atom stereocenters. The van der Waals surface area contributed by atoms with Gasteiger partial charge in [-0.1, -0.05) is 20.3 Å². The molecule has 1 aliphatic heterocycles. The smallest absolute Gasteiger partial charge is 0.122 e. The van der Waals surface area contributed by atoms with Crippen LogP contribution in [0.25, 0.3) is 0 Å². The van der Waals surface area contributed by atoms with E-state index in [1.54, 1.807) is 0 Å². The summed E-state index contributed by atoms with van der Waals surface area (Å²) < 4.78 is 2.25. The van der Waals surface area contributed by atoms with E-state index < -0.39 is 0 Å². The summed E-state index contributed by atoms with van der Waals surface area (Å²) in [6.45, 7) is 9.53. The van der Waals surface area contributed by atoms with E-state index in [4.69, 9.17) is 5.73 Å². The fourth-order valence-electron chi connectivity index (χ4n) is 2.75. The lowest BCUT2D eigenvalue weighted by atomic mass is 9.85. The summed E-state index contributed by atoms with van der Waals surface area (Å²) in [6.07, 6.45) is 6.37. The summed E-state index contributed by atoms with van der Waals surface area (Å²) in [6, 6.07) is 0. The molecule has 1 aromatic heterocycles. The average molecular weight is 236 g/mol. The zero-order valence-corrected chi connectivity index (χ0v) is 11.0. The molecule has 4 heteroatoms. The van der Waals surface area contributed by atoms with E-state index in [9.17, 15) is 0 Å².